The summed E-state index contributed by atoms with van der Waals surface area (Å²) in [4.78, 5) is 9.77. The van der Waals surface area contributed by atoms with Crippen LogP contribution in [0.25, 0.3) is 33.7 Å². The SMILES string of the molecule is CCCCc1nc2cc(C)cnc2n1Cc1ccc(-c2ccccc2-c2nnnn2C(c2ccccc2)(c2ccccc2)c2ccccc2)cc1. The van der Waals surface area contributed by atoms with E-state index in [2.05, 4.69) is 151 Å². The lowest BCUT2D eigenvalue weighted by atomic mass is 9.77. The number of tetrazole rings is 1. The molecule has 3 aromatic heterocycles. The normalized spacial score (nSPS) is 11.6. The molecule has 0 aliphatic carbocycles. The Morgan fingerprint density at radius 1 is 0.667 bits per heavy atom. The minimum absolute atomic E-state index is 0.679. The van der Waals surface area contributed by atoms with Crippen molar-refractivity contribution in [1.29, 1.82) is 0 Å². The van der Waals surface area contributed by atoms with Gasteiger partial charge in [-0.25, -0.2) is 14.6 Å². The van der Waals surface area contributed by atoms with Crippen LogP contribution in [0.4, 0.5) is 0 Å². The Hall–Kier alpha value is -6.21. The summed E-state index contributed by atoms with van der Waals surface area (Å²) >= 11 is 0. The van der Waals surface area contributed by atoms with Crippen molar-refractivity contribution in [2.75, 3.05) is 0 Å². The highest BCUT2D eigenvalue weighted by Gasteiger charge is 2.42. The zero-order valence-electron chi connectivity index (χ0n) is 28.9. The molecule has 0 saturated carbocycles. The summed E-state index contributed by atoms with van der Waals surface area (Å²) in [7, 11) is 0. The van der Waals surface area contributed by atoms with E-state index in [1.54, 1.807) is 0 Å². The summed E-state index contributed by atoms with van der Waals surface area (Å²) in [6.45, 7) is 4.99. The number of hydrogen-bond acceptors (Lipinski definition) is 5. The van der Waals surface area contributed by atoms with Gasteiger partial charge in [0, 0.05) is 18.2 Å². The van der Waals surface area contributed by atoms with Gasteiger partial charge in [0.05, 0.1) is 6.54 Å². The topological polar surface area (TPSA) is 74.3 Å². The Morgan fingerprint density at radius 2 is 1.25 bits per heavy atom. The second-order valence-electron chi connectivity index (χ2n) is 13.0. The first-order chi connectivity index (χ1) is 25.2. The lowest BCUT2D eigenvalue weighted by molar-refractivity contribution is 0.451. The third kappa shape index (κ3) is 5.91. The van der Waals surface area contributed by atoms with Crippen molar-refractivity contribution in [3.63, 3.8) is 0 Å². The average molecular weight is 666 g/mol. The predicted molar refractivity (Wildman–Crippen MR) is 203 cm³/mol. The molecule has 0 spiro atoms. The van der Waals surface area contributed by atoms with Crippen molar-refractivity contribution >= 4 is 11.2 Å². The molecule has 0 fully saturated rings. The molecular weight excluding hydrogens is 627 g/mol. The van der Waals surface area contributed by atoms with Crippen LogP contribution in [-0.4, -0.2) is 34.7 Å². The van der Waals surface area contributed by atoms with Gasteiger partial charge < -0.3 is 4.57 Å². The van der Waals surface area contributed by atoms with Crippen molar-refractivity contribution in [3.8, 4) is 22.5 Å². The standard InChI is InChI=1S/C44H39N7/c1-3-4-24-41-46-40-29-32(2)30-45-43(40)50(41)31-33-25-27-34(28-26-33)38-22-14-15-23-39(38)42-47-48-49-51(42)44(35-16-8-5-9-17-35,36-18-10-6-11-19-36)37-20-12-7-13-21-37/h5-23,25-30H,3-4,24,31H2,1-2H3. The molecule has 0 amide bonds. The summed E-state index contributed by atoms with van der Waals surface area (Å²) in [5.74, 6) is 1.77. The number of aryl methyl sites for hydroxylation is 2. The van der Waals surface area contributed by atoms with Gasteiger partial charge in [-0.3, -0.25) is 0 Å². The van der Waals surface area contributed by atoms with E-state index in [9.17, 15) is 0 Å². The van der Waals surface area contributed by atoms with E-state index < -0.39 is 5.54 Å². The van der Waals surface area contributed by atoms with Gasteiger partial charge in [0.1, 0.15) is 16.9 Å². The van der Waals surface area contributed by atoms with E-state index in [0.29, 0.717) is 12.4 Å². The molecule has 51 heavy (non-hydrogen) atoms. The van der Waals surface area contributed by atoms with Gasteiger partial charge >= 0.3 is 0 Å². The number of rotatable bonds is 11. The van der Waals surface area contributed by atoms with Gasteiger partial charge in [0.25, 0.3) is 0 Å². The van der Waals surface area contributed by atoms with E-state index in [1.807, 2.05) is 29.1 Å². The highest BCUT2D eigenvalue weighted by atomic mass is 15.6. The van der Waals surface area contributed by atoms with Crippen LogP contribution in [0.5, 0.6) is 0 Å². The monoisotopic (exact) mass is 665 g/mol. The van der Waals surface area contributed by atoms with Crippen molar-refractivity contribution in [2.45, 2.75) is 45.2 Å². The number of hydrogen-bond donors (Lipinski definition) is 0. The first-order valence-electron chi connectivity index (χ1n) is 17.6. The summed E-state index contributed by atoms with van der Waals surface area (Å²) in [6.07, 6.45) is 5.08. The van der Waals surface area contributed by atoms with E-state index in [4.69, 9.17) is 20.3 Å². The highest BCUT2D eigenvalue weighted by Crippen LogP contribution is 2.43. The minimum Gasteiger partial charge on any atom is -0.308 e. The van der Waals surface area contributed by atoms with Crippen LogP contribution in [0.2, 0.25) is 0 Å². The maximum absolute atomic E-state index is 4.99. The fourth-order valence-corrected chi connectivity index (χ4v) is 7.24. The van der Waals surface area contributed by atoms with E-state index in [0.717, 1.165) is 75.2 Å². The van der Waals surface area contributed by atoms with Crippen LogP contribution >= 0.6 is 0 Å². The Kier molecular flexibility index (Phi) is 8.76. The van der Waals surface area contributed by atoms with Crippen LogP contribution in [0.1, 0.15) is 53.4 Å². The second-order valence-corrected chi connectivity index (χ2v) is 13.0. The number of imidazole rings is 1. The number of benzene rings is 5. The predicted octanol–water partition coefficient (Wildman–Crippen LogP) is 9.29. The molecule has 0 N–H and O–H groups in total. The van der Waals surface area contributed by atoms with Crippen LogP contribution in [0.15, 0.2) is 152 Å². The first-order valence-corrected chi connectivity index (χ1v) is 17.6. The molecule has 0 saturated heterocycles. The summed E-state index contributed by atoms with van der Waals surface area (Å²) in [5.41, 5.74) is 9.65. The Labute approximate surface area is 298 Å². The molecule has 0 radical (unpaired) electrons. The lowest BCUT2D eigenvalue weighted by Gasteiger charge is -2.36. The lowest BCUT2D eigenvalue weighted by Crippen LogP contribution is -2.39. The molecule has 0 unspecified atom stereocenters. The Bertz CT molecular complexity index is 2280. The molecule has 8 rings (SSSR count). The largest absolute Gasteiger partial charge is 0.308 e. The van der Waals surface area contributed by atoms with Gasteiger partial charge in [-0.15, -0.1) is 5.10 Å². The van der Waals surface area contributed by atoms with E-state index in [-0.39, 0.29) is 0 Å². The smallest absolute Gasteiger partial charge is 0.184 e. The molecule has 0 bridgehead atoms. The quantitative estimate of drug-likeness (QED) is 0.129. The van der Waals surface area contributed by atoms with E-state index in [1.165, 1.54) is 5.56 Å². The van der Waals surface area contributed by atoms with Crippen LogP contribution < -0.4 is 0 Å². The van der Waals surface area contributed by atoms with Gasteiger partial charge in [0.15, 0.2) is 11.5 Å². The molecule has 0 aliphatic rings. The molecular formula is C44H39N7. The number of unbranched alkanes of at least 4 members (excludes halogenated alkanes) is 1. The molecule has 8 aromatic rings. The van der Waals surface area contributed by atoms with Gasteiger partial charge in [0.2, 0.25) is 0 Å². The molecule has 3 heterocycles. The van der Waals surface area contributed by atoms with Crippen molar-refractivity contribution in [3.05, 3.63) is 185 Å². The maximum Gasteiger partial charge on any atom is 0.184 e. The zero-order valence-corrected chi connectivity index (χ0v) is 28.9. The van der Waals surface area contributed by atoms with E-state index >= 15 is 0 Å². The maximum atomic E-state index is 4.99. The molecule has 7 nitrogen and oxygen atoms in total. The van der Waals surface area contributed by atoms with Crippen molar-refractivity contribution < 1.29 is 0 Å². The average Bonchev–Trinajstić information content (AvgIpc) is 3.81. The number of pyridine rings is 1. The Morgan fingerprint density at radius 3 is 1.86 bits per heavy atom. The summed E-state index contributed by atoms with van der Waals surface area (Å²) in [5, 5.41) is 13.9. The third-order valence-corrected chi connectivity index (χ3v) is 9.69. The van der Waals surface area contributed by atoms with Crippen molar-refractivity contribution in [2.24, 2.45) is 0 Å². The highest BCUT2D eigenvalue weighted by molar-refractivity contribution is 5.81. The molecule has 0 aliphatic heterocycles. The first kappa shape index (κ1) is 32.0. The number of aromatic nitrogens is 7. The Balaban J connectivity index is 1.23. The van der Waals surface area contributed by atoms with Gasteiger partial charge in [-0.2, -0.15) is 0 Å². The fourth-order valence-electron chi connectivity index (χ4n) is 7.24. The van der Waals surface area contributed by atoms with Crippen molar-refractivity contribution in [1.82, 2.24) is 34.7 Å². The molecule has 0 atom stereocenters. The summed E-state index contributed by atoms with van der Waals surface area (Å²) < 4.78 is 4.27. The van der Waals surface area contributed by atoms with Crippen LogP contribution in [0.3, 0.4) is 0 Å². The minimum atomic E-state index is -0.838. The summed E-state index contributed by atoms with van der Waals surface area (Å²) in [6, 6.07) is 50.9. The van der Waals surface area contributed by atoms with Gasteiger partial charge in [-0.05, 0) is 68.8 Å². The number of fused-ring (bicyclic) bond motifs is 1. The van der Waals surface area contributed by atoms with Crippen LogP contribution in [0, 0.1) is 6.92 Å². The third-order valence-electron chi connectivity index (χ3n) is 9.69. The second kappa shape index (κ2) is 14.0. The zero-order chi connectivity index (χ0) is 34.6. The molecule has 7 heteroatoms. The fraction of sp³-hybridized carbons (Fsp3) is 0.159. The molecule has 250 valence electrons. The van der Waals surface area contributed by atoms with Crippen LogP contribution in [-0.2, 0) is 18.5 Å². The molecule has 5 aromatic carbocycles. The number of nitrogens with zero attached hydrogens (tertiary/aromatic N) is 7. The van der Waals surface area contributed by atoms with Gasteiger partial charge in [-0.1, -0.05) is 153 Å².